The van der Waals surface area contributed by atoms with Crippen LogP contribution in [0, 0.1) is 6.92 Å². The Morgan fingerprint density at radius 2 is 1.89 bits per heavy atom. The first kappa shape index (κ1) is 13.8. The molecule has 0 saturated carbocycles. The highest BCUT2D eigenvalue weighted by Gasteiger charge is 2.17. The zero-order chi connectivity index (χ0) is 14.0. The monoisotopic (exact) mass is 299 g/mol. The van der Waals surface area contributed by atoms with Gasteiger partial charge in [0.25, 0.3) is 0 Å². The van der Waals surface area contributed by atoms with Crippen LogP contribution in [0.25, 0.3) is 5.69 Å². The molecule has 0 radical (unpaired) electrons. The predicted octanol–water partition coefficient (Wildman–Crippen LogP) is 3.06. The van der Waals surface area contributed by atoms with Gasteiger partial charge in [-0.25, -0.2) is 4.79 Å². The van der Waals surface area contributed by atoms with E-state index in [-0.39, 0.29) is 12.3 Å². The van der Waals surface area contributed by atoms with Crippen molar-refractivity contribution in [3.63, 3.8) is 0 Å². The van der Waals surface area contributed by atoms with Crippen molar-refractivity contribution in [3.05, 3.63) is 39.6 Å². The number of hydrogen-bond donors (Lipinski definition) is 0. The number of carbonyl (C=O) groups is 1. The van der Waals surface area contributed by atoms with Crippen molar-refractivity contribution >= 4 is 29.2 Å². The number of aryl methyl sites for hydroxylation is 1. The molecule has 0 spiro atoms. The second-order valence-corrected chi connectivity index (χ2v) is 4.64. The van der Waals surface area contributed by atoms with Gasteiger partial charge in [-0.15, -0.1) is 5.10 Å². The molecule has 1 heterocycles. The molecule has 1 aromatic heterocycles. The molecule has 0 unspecified atom stereocenters. The molecule has 1 aromatic carbocycles. The molecule has 0 aliphatic heterocycles. The molecule has 0 bridgehead atoms. The Bertz CT molecular complexity index is 605. The molecule has 0 saturated heterocycles. The normalized spacial score (nSPS) is 10.5. The highest BCUT2D eigenvalue weighted by Crippen LogP contribution is 2.21. The lowest BCUT2D eigenvalue weighted by Crippen LogP contribution is -2.07. The summed E-state index contributed by atoms with van der Waals surface area (Å²) in [4.78, 5) is 13.0. The third kappa shape index (κ3) is 3.05. The molecule has 0 N–H and O–H groups in total. The minimum absolute atomic E-state index is 0.179. The van der Waals surface area contributed by atoms with Crippen molar-refractivity contribution in [2.75, 3.05) is 6.61 Å². The zero-order valence-corrected chi connectivity index (χ0v) is 11.9. The number of carbonyl (C=O) groups excluding carboxylic acids is 1. The number of ether oxygens (including phenoxy) is 1. The largest absolute Gasteiger partial charge is 0.461 e. The molecule has 0 amide bonds. The van der Waals surface area contributed by atoms with Crippen molar-refractivity contribution in [2.24, 2.45) is 0 Å². The van der Waals surface area contributed by atoms with Gasteiger partial charge in [0.2, 0.25) is 0 Å². The lowest BCUT2D eigenvalue weighted by molar-refractivity contribution is 0.0518. The van der Waals surface area contributed by atoms with E-state index in [0.717, 1.165) is 0 Å². The van der Waals surface area contributed by atoms with Gasteiger partial charge in [-0.05, 0) is 32.0 Å². The zero-order valence-electron chi connectivity index (χ0n) is 10.4. The molecule has 5 nitrogen and oxygen atoms in total. The number of benzene rings is 1. The van der Waals surface area contributed by atoms with Crippen molar-refractivity contribution in [1.29, 1.82) is 0 Å². The van der Waals surface area contributed by atoms with Crippen LogP contribution in [0.5, 0.6) is 0 Å². The number of esters is 1. The van der Waals surface area contributed by atoms with E-state index in [9.17, 15) is 4.79 Å². The van der Waals surface area contributed by atoms with Crippen LogP contribution < -0.4 is 0 Å². The predicted molar refractivity (Wildman–Crippen MR) is 72.1 cm³/mol. The van der Waals surface area contributed by atoms with Gasteiger partial charge in [0.05, 0.1) is 18.0 Å². The molecule has 7 heteroatoms. The Hall–Kier alpha value is -1.59. The van der Waals surface area contributed by atoms with E-state index >= 15 is 0 Å². The second-order valence-electron chi connectivity index (χ2n) is 3.77. The molecule has 0 fully saturated rings. The summed E-state index contributed by atoms with van der Waals surface area (Å²) in [7, 11) is 0. The van der Waals surface area contributed by atoms with Gasteiger partial charge in [0.1, 0.15) is 0 Å². The summed E-state index contributed by atoms with van der Waals surface area (Å²) in [5.41, 5.74) is 1.24. The van der Waals surface area contributed by atoms with Crippen molar-refractivity contribution in [1.82, 2.24) is 15.0 Å². The molecule has 2 aromatic rings. The Morgan fingerprint density at radius 3 is 2.47 bits per heavy atom. The van der Waals surface area contributed by atoms with Crippen LogP contribution in [0.1, 0.15) is 23.1 Å². The number of halogens is 2. The standard InChI is InChI=1S/C12H11Cl2N3O2/c1-3-19-12(18)11-7(2)15-17(16-11)10-5-8(13)4-9(14)6-10/h4-6H,3H2,1-2H3. The van der Waals surface area contributed by atoms with Gasteiger partial charge in [0.15, 0.2) is 5.69 Å². The number of rotatable bonds is 3. The van der Waals surface area contributed by atoms with E-state index in [1.165, 1.54) is 4.80 Å². The van der Waals surface area contributed by atoms with Crippen molar-refractivity contribution < 1.29 is 9.53 Å². The average Bonchev–Trinajstić information content (AvgIpc) is 2.70. The van der Waals surface area contributed by atoms with Crippen LogP contribution >= 0.6 is 23.2 Å². The van der Waals surface area contributed by atoms with E-state index in [0.29, 0.717) is 21.4 Å². The summed E-state index contributed by atoms with van der Waals surface area (Å²) in [5, 5.41) is 9.18. The molecule has 0 aliphatic carbocycles. The second kappa shape index (κ2) is 5.59. The Morgan fingerprint density at radius 1 is 1.26 bits per heavy atom. The molecule has 100 valence electrons. The first-order chi connectivity index (χ1) is 9.01. The van der Waals surface area contributed by atoms with Crippen LogP contribution in [-0.4, -0.2) is 27.6 Å². The Balaban J connectivity index is 2.41. The maximum absolute atomic E-state index is 11.7. The highest BCUT2D eigenvalue weighted by atomic mass is 35.5. The minimum Gasteiger partial charge on any atom is -0.461 e. The molecule has 0 atom stereocenters. The van der Waals surface area contributed by atoms with Gasteiger partial charge in [0, 0.05) is 10.0 Å². The smallest absolute Gasteiger partial charge is 0.360 e. The molecular weight excluding hydrogens is 289 g/mol. The van der Waals surface area contributed by atoms with Crippen LogP contribution in [0.15, 0.2) is 18.2 Å². The summed E-state index contributed by atoms with van der Waals surface area (Å²) >= 11 is 11.8. The summed E-state index contributed by atoms with van der Waals surface area (Å²) in [6, 6.07) is 4.92. The van der Waals surface area contributed by atoms with Gasteiger partial charge in [-0.1, -0.05) is 23.2 Å². The lowest BCUT2D eigenvalue weighted by Gasteiger charge is -2.01. The van der Waals surface area contributed by atoms with E-state index in [2.05, 4.69) is 10.2 Å². The molecular formula is C12H11Cl2N3O2. The Kier molecular flexibility index (Phi) is 4.07. The van der Waals surface area contributed by atoms with Gasteiger partial charge in [-0.3, -0.25) is 0 Å². The molecule has 0 aliphatic rings. The minimum atomic E-state index is -0.501. The SMILES string of the molecule is CCOC(=O)c1nn(-c2cc(Cl)cc(Cl)c2)nc1C. The fraction of sp³-hybridized carbons (Fsp3) is 0.250. The first-order valence-corrected chi connectivity index (χ1v) is 6.34. The van der Waals surface area contributed by atoms with E-state index in [1.54, 1.807) is 32.0 Å². The van der Waals surface area contributed by atoms with Gasteiger partial charge >= 0.3 is 5.97 Å². The molecule has 19 heavy (non-hydrogen) atoms. The average molecular weight is 300 g/mol. The fourth-order valence-electron chi connectivity index (χ4n) is 1.54. The maximum atomic E-state index is 11.7. The highest BCUT2D eigenvalue weighted by molar-refractivity contribution is 6.34. The number of hydrogen-bond acceptors (Lipinski definition) is 4. The van der Waals surface area contributed by atoms with E-state index < -0.39 is 5.97 Å². The maximum Gasteiger partial charge on any atom is 0.360 e. The van der Waals surface area contributed by atoms with Crippen LogP contribution in [0.2, 0.25) is 10.0 Å². The van der Waals surface area contributed by atoms with E-state index in [4.69, 9.17) is 27.9 Å². The summed E-state index contributed by atoms with van der Waals surface area (Å²) in [6.45, 7) is 3.70. The third-order valence-corrected chi connectivity index (χ3v) is 2.77. The number of nitrogens with zero attached hydrogens (tertiary/aromatic N) is 3. The topological polar surface area (TPSA) is 57.0 Å². The Labute approximate surface area is 120 Å². The van der Waals surface area contributed by atoms with Crippen LogP contribution in [-0.2, 0) is 4.74 Å². The lowest BCUT2D eigenvalue weighted by atomic mass is 10.3. The van der Waals surface area contributed by atoms with Gasteiger partial charge in [-0.2, -0.15) is 9.90 Å². The summed E-state index contributed by atoms with van der Waals surface area (Å²) < 4.78 is 4.90. The van der Waals surface area contributed by atoms with Gasteiger partial charge < -0.3 is 4.74 Å². The van der Waals surface area contributed by atoms with Crippen LogP contribution in [0.3, 0.4) is 0 Å². The summed E-state index contributed by atoms with van der Waals surface area (Å²) in [6.07, 6.45) is 0. The fourth-order valence-corrected chi connectivity index (χ4v) is 2.05. The number of aromatic nitrogens is 3. The molecule has 2 rings (SSSR count). The third-order valence-electron chi connectivity index (χ3n) is 2.33. The first-order valence-electron chi connectivity index (χ1n) is 5.58. The van der Waals surface area contributed by atoms with E-state index in [1.807, 2.05) is 0 Å². The van der Waals surface area contributed by atoms with Crippen molar-refractivity contribution in [2.45, 2.75) is 13.8 Å². The van der Waals surface area contributed by atoms with Crippen LogP contribution in [0.4, 0.5) is 0 Å². The quantitative estimate of drug-likeness (QED) is 0.817. The summed E-state index contributed by atoms with van der Waals surface area (Å²) in [5.74, 6) is -0.501. The van der Waals surface area contributed by atoms with Crippen molar-refractivity contribution in [3.8, 4) is 5.69 Å².